The molecule has 0 aromatic heterocycles. The molecule has 0 aromatic rings. The van der Waals surface area contributed by atoms with E-state index in [0.29, 0.717) is 0 Å². The van der Waals surface area contributed by atoms with Crippen molar-refractivity contribution in [3.05, 3.63) is 0 Å². The minimum absolute atomic E-state index is 0.761. The van der Waals surface area contributed by atoms with Gasteiger partial charge in [-0.25, -0.2) is 0 Å². The highest BCUT2D eigenvalue weighted by Crippen LogP contribution is 2.32. The summed E-state index contributed by atoms with van der Waals surface area (Å²) in [4.78, 5) is 0. The fourth-order valence-corrected chi connectivity index (χ4v) is 4.22. The van der Waals surface area contributed by atoms with Gasteiger partial charge in [-0.3, -0.25) is 0 Å². The summed E-state index contributed by atoms with van der Waals surface area (Å²) in [6, 6.07) is 0.761. The van der Waals surface area contributed by atoms with Crippen LogP contribution < -0.4 is 5.32 Å². The van der Waals surface area contributed by atoms with Gasteiger partial charge in [-0.2, -0.15) is 11.8 Å². The van der Waals surface area contributed by atoms with Gasteiger partial charge >= 0.3 is 0 Å². The van der Waals surface area contributed by atoms with E-state index in [0.717, 1.165) is 23.8 Å². The van der Waals surface area contributed by atoms with Crippen LogP contribution in [-0.2, 0) is 0 Å². The molecule has 0 spiro atoms. The maximum atomic E-state index is 3.81. The molecule has 3 atom stereocenters. The van der Waals surface area contributed by atoms with E-state index in [1.165, 1.54) is 50.2 Å². The Kier molecular flexibility index (Phi) is 8.41. The monoisotopic (exact) mass is 271 g/mol. The molecule has 0 amide bonds. The molecule has 0 bridgehead atoms. The molecule has 0 aliphatic heterocycles. The van der Waals surface area contributed by atoms with E-state index in [-0.39, 0.29) is 0 Å². The molecule has 1 aliphatic rings. The molecule has 0 radical (unpaired) electrons. The lowest BCUT2D eigenvalue weighted by atomic mass is 9.79. The van der Waals surface area contributed by atoms with Crippen LogP contribution in [0.3, 0.4) is 0 Å². The first-order chi connectivity index (χ1) is 8.63. The van der Waals surface area contributed by atoms with Crippen molar-refractivity contribution in [1.82, 2.24) is 5.32 Å². The van der Waals surface area contributed by atoms with Crippen LogP contribution in [-0.4, -0.2) is 24.1 Å². The fourth-order valence-electron chi connectivity index (χ4n) is 2.97. The van der Waals surface area contributed by atoms with E-state index in [1.807, 2.05) is 0 Å². The van der Waals surface area contributed by atoms with Crippen molar-refractivity contribution >= 4 is 11.8 Å². The first-order valence-corrected chi connectivity index (χ1v) is 9.10. The van der Waals surface area contributed by atoms with Crippen molar-refractivity contribution in [1.29, 1.82) is 0 Å². The molecule has 1 saturated carbocycles. The van der Waals surface area contributed by atoms with Crippen LogP contribution >= 0.6 is 11.8 Å². The van der Waals surface area contributed by atoms with Crippen molar-refractivity contribution in [2.45, 2.75) is 65.8 Å². The average Bonchev–Trinajstić information content (AvgIpc) is 2.33. The predicted molar refractivity (Wildman–Crippen MR) is 85.4 cm³/mol. The van der Waals surface area contributed by atoms with E-state index < -0.39 is 0 Å². The van der Waals surface area contributed by atoms with E-state index >= 15 is 0 Å². The van der Waals surface area contributed by atoms with Crippen molar-refractivity contribution in [2.24, 2.45) is 17.8 Å². The molecular formula is C16H33NS. The third-order valence-electron chi connectivity index (χ3n) is 3.95. The lowest BCUT2D eigenvalue weighted by Crippen LogP contribution is -2.40. The first kappa shape index (κ1) is 16.4. The van der Waals surface area contributed by atoms with Crippen molar-refractivity contribution in [3.63, 3.8) is 0 Å². The average molecular weight is 272 g/mol. The van der Waals surface area contributed by atoms with Gasteiger partial charge in [-0.05, 0) is 49.3 Å². The SMILES string of the molecule is CCCNC(CSCC(C)C)C1CCCC(C)C1. The van der Waals surface area contributed by atoms with Crippen LogP contribution in [0.5, 0.6) is 0 Å². The lowest BCUT2D eigenvalue weighted by Gasteiger charge is -2.34. The summed E-state index contributed by atoms with van der Waals surface area (Å²) in [5.41, 5.74) is 0. The van der Waals surface area contributed by atoms with Gasteiger partial charge in [0, 0.05) is 11.8 Å². The highest BCUT2D eigenvalue weighted by molar-refractivity contribution is 7.99. The highest BCUT2D eigenvalue weighted by atomic mass is 32.2. The Labute approximate surface area is 119 Å². The highest BCUT2D eigenvalue weighted by Gasteiger charge is 2.26. The summed E-state index contributed by atoms with van der Waals surface area (Å²) in [6.07, 6.45) is 7.06. The van der Waals surface area contributed by atoms with Gasteiger partial charge < -0.3 is 5.32 Å². The minimum Gasteiger partial charge on any atom is -0.313 e. The zero-order chi connectivity index (χ0) is 13.4. The molecular weight excluding hydrogens is 238 g/mol. The van der Waals surface area contributed by atoms with Crippen LogP contribution in [0.1, 0.15) is 59.8 Å². The maximum Gasteiger partial charge on any atom is 0.0186 e. The summed E-state index contributed by atoms with van der Waals surface area (Å²) >= 11 is 2.15. The van der Waals surface area contributed by atoms with Gasteiger partial charge in [0.2, 0.25) is 0 Å². The molecule has 1 fully saturated rings. The number of hydrogen-bond acceptors (Lipinski definition) is 2. The predicted octanol–water partition coefficient (Wildman–Crippen LogP) is 4.57. The zero-order valence-corrected chi connectivity index (χ0v) is 13.7. The number of hydrogen-bond donors (Lipinski definition) is 1. The van der Waals surface area contributed by atoms with Gasteiger partial charge in [-0.1, -0.05) is 40.5 Å². The van der Waals surface area contributed by atoms with Crippen LogP contribution in [0.15, 0.2) is 0 Å². The number of rotatable bonds is 8. The van der Waals surface area contributed by atoms with E-state index in [2.05, 4.69) is 44.8 Å². The second kappa shape index (κ2) is 9.25. The third-order valence-corrected chi connectivity index (χ3v) is 5.45. The fraction of sp³-hybridized carbons (Fsp3) is 1.00. The topological polar surface area (TPSA) is 12.0 Å². The number of nitrogens with one attached hydrogen (secondary N) is 1. The Morgan fingerprint density at radius 1 is 1.22 bits per heavy atom. The Hall–Kier alpha value is 0.310. The first-order valence-electron chi connectivity index (χ1n) is 7.94. The van der Waals surface area contributed by atoms with Crippen LogP contribution in [0.2, 0.25) is 0 Å². The van der Waals surface area contributed by atoms with Crippen LogP contribution in [0.25, 0.3) is 0 Å². The maximum absolute atomic E-state index is 3.81. The lowest BCUT2D eigenvalue weighted by molar-refractivity contribution is 0.234. The van der Waals surface area contributed by atoms with Gasteiger partial charge in [0.25, 0.3) is 0 Å². The minimum atomic E-state index is 0.761. The van der Waals surface area contributed by atoms with E-state index in [1.54, 1.807) is 0 Å². The summed E-state index contributed by atoms with van der Waals surface area (Å²) in [5, 5.41) is 3.81. The Balaban J connectivity index is 2.37. The molecule has 1 N–H and O–H groups in total. The van der Waals surface area contributed by atoms with Crippen molar-refractivity contribution < 1.29 is 0 Å². The van der Waals surface area contributed by atoms with Gasteiger partial charge in [0.15, 0.2) is 0 Å². The molecule has 108 valence electrons. The molecule has 1 nitrogen and oxygen atoms in total. The van der Waals surface area contributed by atoms with Crippen LogP contribution in [0, 0.1) is 17.8 Å². The smallest absolute Gasteiger partial charge is 0.0186 e. The largest absolute Gasteiger partial charge is 0.313 e. The standard InChI is InChI=1S/C16H33NS/c1-5-9-17-16(12-18-11-13(2)3)15-8-6-7-14(4)10-15/h13-17H,5-12H2,1-4H3. The van der Waals surface area contributed by atoms with Gasteiger partial charge in [-0.15, -0.1) is 0 Å². The van der Waals surface area contributed by atoms with Crippen LogP contribution in [0.4, 0.5) is 0 Å². The van der Waals surface area contributed by atoms with Crippen molar-refractivity contribution in [3.8, 4) is 0 Å². The van der Waals surface area contributed by atoms with E-state index in [4.69, 9.17) is 0 Å². The molecule has 0 heterocycles. The Bertz CT molecular complexity index is 205. The Morgan fingerprint density at radius 3 is 2.61 bits per heavy atom. The molecule has 1 aliphatic carbocycles. The number of thioether (sulfide) groups is 1. The molecule has 2 heteroatoms. The molecule has 3 unspecified atom stereocenters. The normalized spacial score (nSPS) is 26.5. The summed E-state index contributed by atoms with van der Waals surface area (Å²) < 4.78 is 0. The van der Waals surface area contributed by atoms with Crippen molar-refractivity contribution in [2.75, 3.05) is 18.1 Å². The summed E-state index contributed by atoms with van der Waals surface area (Å²) in [6.45, 7) is 10.5. The van der Waals surface area contributed by atoms with Gasteiger partial charge in [0.05, 0.1) is 0 Å². The summed E-state index contributed by atoms with van der Waals surface area (Å²) in [7, 11) is 0. The molecule has 1 rings (SSSR count). The summed E-state index contributed by atoms with van der Waals surface area (Å²) in [5.74, 6) is 5.33. The molecule has 0 aromatic carbocycles. The molecule has 0 saturated heterocycles. The van der Waals surface area contributed by atoms with E-state index in [9.17, 15) is 0 Å². The third kappa shape index (κ3) is 6.47. The molecule has 18 heavy (non-hydrogen) atoms. The second-order valence-electron chi connectivity index (χ2n) is 6.52. The zero-order valence-electron chi connectivity index (χ0n) is 12.9. The Morgan fingerprint density at radius 2 is 2.00 bits per heavy atom. The van der Waals surface area contributed by atoms with Gasteiger partial charge in [0.1, 0.15) is 0 Å². The second-order valence-corrected chi connectivity index (χ2v) is 7.60. The quantitative estimate of drug-likeness (QED) is 0.694.